The van der Waals surface area contributed by atoms with Crippen molar-refractivity contribution in [2.24, 2.45) is 17.8 Å². The van der Waals surface area contributed by atoms with Gasteiger partial charge >= 0.3 is 13.8 Å². The fraction of sp³-hybridized carbons (Fsp3) is 0.773. The van der Waals surface area contributed by atoms with Crippen molar-refractivity contribution in [3.05, 3.63) is 12.2 Å². The monoisotopic (exact) mass is 586 g/mol. The molecule has 0 spiro atoms. The minimum absolute atomic E-state index is 0.0106. The maximum absolute atomic E-state index is 12.9. The number of hydrogen-bond donors (Lipinski definition) is 2. The largest absolute Gasteiger partial charge is 0.518 e. The summed E-state index contributed by atoms with van der Waals surface area (Å²) in [6.07, 6.45) is 2.10. The van der Waals surface area contributed by atoms with Gasteiger partial charge in [-0.05, 0) is 43.5 Å². The highest BCUT2D eigenvalue weighted by Gasteiger charge is 2.41. The van der Waals surface area contributed by atoms with Crippen molar-refractivity contribution in [3.8, 4) is 9.85 Å². The second-order valence-electron chi connectivity index (χ2n) is 8.42. The number of cyclic esters (lactones) is 1. The van der Waals surface area contributed by atoms with Crippen LogP contribution in [-0.4, -0.2) is 58.6 Å². The van der Waals surface area contributed by atoms with Crippen molar-refractivity contribution in [2.75, 3.05) is 19.6 Å². The van der Waals surface area contributed by atoms with E-state index in [2.05, 4.69) is 9.85 Å². The lowest BCUT2D eigenvalue weighted by atomic mass is 9.85. The van der Waals surface area contributed by atoms with E-state index >= 15 is 0 Å². The molecule has 7 atom stereocenters. The van der Waals surface area contributed by atoms with Crippen LogP contribution in [0.5, 0.6) is 0 Å². The summed E-state index contributed by atoms with van der Waals surface area (Å²) in [7, 11) is -4.43. The van der Waals surface area contributed by atoms with Crippen LogP contribution >= 0.6 is 30.4 Å². The minimum atomic E-state index is -4.43. The summed E-state index contributed by atoms with van der Waals surface area (Å²) in [6.45, 7) is 12.9. The maximum atomic E-state index is 12.9. The third-order valence-electron chi connectivity index (χ3n) is 6.33. The first kappa shape index (κ1) is 29.6. The SMILES string of the molecule is CC[N+](CC)(CC)OP(=O)(O)O[C@@H](CC[C@H](C)[C@@H]1OC(=O)C=C[C@@H]1C)[C@@H](C)[C@@H](O)C#CI. The molecule has 0 saturated heterocycles. The first-order valence-electron chi connectivity index (χ1n) is 11.2. The molecule has 0 radical (unpaired) electrons. The number of rotatable bonds is 13. The van der Waals surface area contributed by atoms with Gasteiger partial charge in [-0.2, -0.15) is 4.65 Å². The summed E-state index contributed by atoms with van der Waals surface area (Å²) in [4.78, 5) is 22.2. The number of halogens is 1. The molecule has 10 heteroatoms. The smallest absolute Gasteiger partial charge is 0.458 e. The molecule has 0 aromatic rings. The molecule has 184 valence electrons. The van der Waals surface area contributed by atoms with Gasteiger partial charge in [-0.15, -0.1) is 0 Å². The van der Waals surface area contributed by atoms with Crippen molar-refractivity contribution in [1.82, 2.24) is 0 Å². The number of carbonyl (C=O) groups is 1. The standard InChI is InChI=1S/C22H37INO7P/c1-7-24(8-2,9-3)31-32(27,28)30-20(18(6)19(25)14-15-23)12-10-16(4)22-17(5)11-13-21(26)29-22/h11,13,16-20,22,25H,7-10,12H2,1-6H3/p+1/t16-,17-,18-,19-,20-,22-/m0/s1. The van der Waals surface area contributed by atoms with Gasteiger partial charge in [-0.3, -0.25) is 9.42 Å². The number of carbonyl (C=O) groups excluding carboxylic acids is 1. The van der Waals surface area contributed by atoms with Gasteiger partial charge in [0, 0.05) is 40.5 Å². The van der Waals surface area contributed by atoms with E-state index in [-0.39, 0.29) is 28.6 Å². The lowest BCUT2D eigenvalue weighted by Crippen LogP contribution is -2.46. The van der Waals surface area contributed by atoms with E-state index < -0.39 is 25.9 Å². The van der Waals surface area contributed by atoms with Gasteiger partial charge in [0.25, 0.3) is 0 Å². The van der Waals surface area contributed by atoms with Gasteiger partial charge in [0.2, 0.25) is 0 Å². The summed E-state index contributed by atoms with van der Waals surface area (Å²) in [5, 5.41) is 10.4. The number of aliphatic hydroxyl groups excluding tert-OH is 1. The Bertz CT molecular complexity index is 738. The molecule has 1 heterocycles. The predicted molar refractivity (Wildman–Crippen MR) is 131 cm³/mol. The van der Waals surface area contributed by atoms with E-state index in [1.165, 1.54) is 6.08 Å². The molecule has 1 aliphatic rings. The molecular weight excluding hydrogens is 548 g/mol. The van der Waals surface area contributed by atoms with E-state index in [0.29, 0.717) is 32.5 Å². The average molecular weight is 586 g/mol. The van der Waals surface area contributed by atoms with Crippen LogP contribution in [-0.2, 0) is 23.2 Å². The minimum Gasteiger partial charge on any atom is -0.458 e. The van der Waals surface area contributed by atoms with Crippen molar-refractivity contribution in [1.29, 1.82) is 0 Å². The van der Waals surface area contributed by atoms with E-state index in [4.69, 9.17) is 13.9 Å². The second-order valence-corrected chi connectivity index (χ2v) is 10.3. The van der Waals surface area contributed by atoms with Crippen molar-refractivity contribution in [2.45, 2.75) is 72.7 Å². The van der Waals surface area contributed by atoms with Crippen LogP contribution in [0, 0.1) is 27.6 Å². The zero-order valence-corrected chi connectivity index (χ0v) is 22.9. The topological polar surface area (TPSA) is 102 Å². The number of ether oxygens (including phenoxy) is 1. The number of phosphoric acid groups is 1. The molecule has 0 bridgehead atoms. The Morgan fingerprint density at radius 1 is 1.25 bits per heavy atom. The van der Waals surface area contributed by atoms with E-state index in [9.17, 15) is 19.4 Å². The highest BCUT2D eigenvalue weighted by Crippen LogP contribution is 2.49. The highest BCUT2D eigenvalue weighted by molar-refractivity contribution is 14.1. The second kappa shape index (κ2) is 13.4. The van der Waals surface area contributed by atoms with Gasteiger partial charge in [0.05, 0.1) is 6.10 Å². The zero-order valence-electron chi connectivity index (χ0n) is 19.9. The van der Waals surface area contributed by atoms with E-state index in [1.807, 2.05) is 63.3 Å². The molecule has 1 aliphatic heterocycles. The van der Waals surface area contributed by atoms with Crippen LogP contribution < -0.4 is 0 Å². The number of quaternary nitrogens is 1. The molecule has 8 nitrogen and oxygen atoms in total. The van der Waals surface area contributed by atoms with E-state index in [0.717, 1.165) is 0 Å². The van der Waals surface area contributed by atoms with Crippen molar-refractivity contribution in [3.63, 3.8) is 0 Å². The molecule has 32 heavy (non-hydrogen) atoms. The van der Waals surface area contributed by atoms with Crippen molar-refractivity contribution < 1.29 is 37.9 Å². The summed E-state index contributed by atoms with van der Waals surface area (Å²) in [5.74, 6) is 1.83. The van der Waals surface area contributed by atoms with Crippen LogP contribution in [0.25, 0.3) is 0 Å². The van der Waals surface area contributed by atoms with Crippen LogP contribution in [0.3, 0.4) is 0 Å². The lowest BCUT2D eigenvalue weighted by Gasteiger charge is -2.35. The van der Waals surface area contributed by atoms with Crippen molar-refractivity contribution >= 4 is 36.4 Å². The Morgan fingerprint density at radius 3 is 2.38 bits per heavy atom. The fourth-order valence-electron chi connectivity index (χ4n) is 3.90. The van der Waals surface area contributed by atoms with E-state index in [1.54, 1.807) is 6.92 Å². The first-order valence-corrected chi connectivity index (χ1v) is 13.8. The Labute approximate surface area is 206 Å². The van der Waals surface area contributed by atoms with Crippen LogP contribution in [0.4, 0.5) is 0 Å². The third kappa shape index (κ3) is 8.71. The third-order valence-corrected chi connectivity index (χ3v) is 7.74. The summed E-state index contributed by atoms with van der Waals surface area (Å²) in [5.41, 5.74) is 0. The Hall–Kier alpha value is -0.470. The normalized spacial score (nSPS) is 24.5. The van der Waals surface area contributed by atoms with Gasteiger partial charge < -0.3 is 9.84 Å². The van der Waals surface area contributed by atoms with Crippen LogP contribution in [0.15, 0.2) is 12.2 Å². The van der Waals surface area contributed by atoms with Crippen LogP contribution in [0.1, 0.15) is 54.4 Å². The Kier molecular flexibility index (Phi) is 12.4. The molecule has 1 rings (SSSR count). The molecule has 1 unspecified atom stereocenters. The molecule has 0 saturated carbocycles. The van der Waals surface area contributed by atoms with Gasteiger partial charge in [-0.1, -0.05) is 37.4 Å². The molecule has 0 amide bonds. The molecular formula is C22H38INO7P+. The molecule has 0 fully saturated rings. The molecule has 0 aromatic carbocycles. The number of hydroxylamine groups is 3. The van der Waals surface area contributed by atoms with Gasteiger partial charge in [0.15, 0.2) is 0 Å². The number of nitrogens with zero attached hydrogens (tertiary/aromatic N) is 1. The number of aliphatic hydroxyl groups is 1. The maximum Gasteiger partial charge on any atom is 0.518 e. The molecule has 0 aliphatic carbocycles. The Balaban J connectivity index is 2.99. The first-order chi connectivity index (χ1) is 14.9. The summed E-state index contributed by atoms with van der Waals surface area (Å²) in [6, 6.07) is 0. The van der Waals surface area contributed by atoms with Crippen LogP contribution in [0.2, 0.25) is 0 Å². The quantitative estimate of drug-likeness (QED) is 0.0833. The summed E-state index contributed by atoms with van der Waals surface area (Å²) < 4.78 is 32.3. The zero-order chi connectivity index (χ0) is 24.5. The number of phosphoric ester groups is 1. The predicted octanol–water partition coefficient (Wildman–Crippen LogP) is 4.21. The van der Waals surface area contributed by atoms with Gasteiger partial charge in [0.1, 0.15) is 31.8 Å². The molecule has 0 aromatic heterocycles. The average Bonchev–Trinajstić information content (AvgIpc) is 2.76. The lowest BCUT2D eigenvalue weighted by molar-refractivity contribution is -1.08. The fourth-order valence-corrected chi connectivity index (χ4v) is 5.68. The van der Waals surface area contributed by atoms with Gasteiger partial charge in [-0.25, -0.2) is 9.36 Å². The highest BCUT2D eigenvalue weighted by atomic mass is 127. The Morgan fingerprint density at radius 2 is 1.84 bits per heavy atom. The number of hydrogen-bond acceptors (Lipinski definition) is 6. The molecule has 2 N–H and O–H groups in total. The summed E-state index contributed by atoms with van der Waals surface area (Å²) >= 11 is 1.84. The number of esters is 1.